The van der Waals surface area contributed by atoms with Gasteiger partial charge >= 0.3 is 0 Å². The molecule has 7 heteroatoms. The molecule has 1 rings (SSSR count). The van der Waals surface area contributed by atoms with Crippen LogP contribution in [0.1, 0.15) is 13.8 Å². The molecule has 0 N–H and O–H groups in total. The smallest absolute Gasteiger partial charge is 0.230 e. The molecule has 0 atom stereocenters. The SMILES string of the molecule is CCN(CC)c1nc(Cl)nc(SCCN(C)C)n1. The lowest BCUT2D eigenvalue weighted by atomic mass is 10.5. The summed E-state index contributed by atoms with van der Waals surface area (Å²) in [5, 5.41) is 0.956. The van der Waals surface area contributed by atoms with E-state index in [1.165, 1.54) is 0 Å². The summed E-state index contributed by atoms with van der Waals surface area (Å²) in [5.41, 5.74) is 0. The van der Waals surface area contributed by atoms with Crippen molar-refractivity contribution in [3.63, 3.8) is 0 Å². The van der Waals surface area contributed by atoms with Crippen LogP contribution < -0.4 is 4.90 Å². The molecule has 0 fully saturated rings. The van der Waals surface area contributed by atoms with E-state index in [0.29, 0.717) is 11.1 Å². The van der Waals surface area contributed by atoms with Crippen LogP contribution in [0.25, 0.3) is 0 Å². The lowest BCUT2D eigenvalue weighted by molar-refractivity contribution is 0.437. The molecule has 0 aliphatic heterocycles. The molecular formula is C11H20ClN5S. The molecule has 0 spiro atoms. The van der Waals surface area contributed by atoms with Crippen molar-refractivity contribution in [3.05, 3.63) is 5.28 Å². The summed E-state index contributed by atoms with van der Waals surface area (Å²) in [5.74, 6) is 1.60. The monoisotopic (exact) mass is 289 g/mol. The minimum Gasteiger partial charge on any atom is -0.341 e. The van der Waals surface area contributed by atoms with Crippen molar-refractivity contribution in [2.24, 2.45) is 0 Å². The molecule has 0 aromatic carbocycles. The molecule has 0 aliphatic rings. The Balaban J connectivity index is 2.74. The quantitative estimate of drug-likeness (QED) is 0.716. The molecule has 0 unspecified atom stereocenters. The Morgan fingerprint density at radius 1 is 1.11 bits per heavy atom. The van der Waals surface area contributed by atoms with Crippen LogP contribution in [0.3, 0.4) is 0 Å². The normalized spacial score (nSPS) is 11.0. The van der Waals surface area contributed by atoms with E-state index in [-0.39, 0.29) is 5.28 Å². The standard InChI is InChI=1S/C11H20ClN5S/c1-5-17(6-2)10-13-9(12)14-11(15-10)18-8-7-16(3)4/h5-8H2,1-4H3. The number of nitrogens with zero attached hydrogens (tertiary/aromatic N) is 5. The van der Waals surface area contributed by atoms with Gasteiger partial charge in [-0.25, -0.2) is 0 Å². The largest absolute Gasteiger partial charge is 0.341 e. The molecule has 0 aliphatic carbocycles. The molecule has 1 aromatic heterocycles. The van der Waals surface area contributed by atoms with E-state index in [0.717, 1.165) is 25.4 Å². The summed E-state index contributed by atoms with van der Waals surface area (Å²) < 4.78 is 0. The molecule has 0 bridgehead atoms. The topological polar surface area (TPSA) is 45.2 Å². The van der Waals surface area contributed by atoms with Crippen molar-refractivity contribution >= 4 is 29.3 Å². The Morgan fingerprint density at radius 2 is 1.78 bits per heavy atom. The Kier molecular flexibility index (Phi) is 6.67. The van der Waals surface area contributed by atoms with Crippen LogP contribution in [-0.2, 0) is 0 Å². The summed E-state index contributed by atoms with van der Waals surface area (Å²) in [4.78, 5) is 16.9. The Hall–Kier alpha value is -0.590. The number of thioether (sulfide) groups is 1. The van der Waals surface area contributed by atoms with Gasteiger partial charge in [0.15, 0.2) is 5.16 Å². The van der Waals surface area contributed by atoms with Gasteiger partial charge in [0.2, 0.25) is 11.2 Å². The highest BCUT2D eigenvalue weighted by atomic mass is 35.5. The second kappa shape index (κ2) is 7.76. The highest BCUT2D eigenvalue weighted by Gasteiger charge is 2.10. The lowest BCUT2D eigenvalue weighted by Crippen LogP contribution is -2.24. The average Bonchev–Trinajstić information content (AvgIpc) is 2.29. The third-order valence-electron chi connectivity index (χ3n) is 2.39. The van der Waals surface area contributed by atoms with Crippen molar-refractivity contribution in [1.29, 1.82) is 0 Å². The minimum absolute atomic E-state index is 0.263. The summed E-state index contributed by atoms with van der Waals surface area (Å²) in [6.45, 7) is 6.84. The first-order chi connectivity index (χ1) is 8.56. The van der Waals surface area contributed by atoms with E-state index in [9.17, 15) is 0 Å². The maximum Gasteiger partial charge on any atom is 0.230 e. The molecular weight excluding hydrogens is 270 g/mol. The van der Waals surface area contributed by atoms with Crippen molar-refractivity contribution in [2.45, 2.75) is 19.0 Å². The fourth-order valence-corrected chi connectivity index (χ4v) is 2.50. The van der Waals surface area contributed by atoms with Gasteiger partial charge < -0.3 is 9.80 Å². The van der Waals surface area contributed by atoms with E-state index in [2.05, 4.69) is 38.6 Å². The van der Waals surface area contributed by atoms with Crippen LogP contribution >= 0.6 is 23.4 Å². The first kappa shape index (κ1) is 15.5. The molecule has 5 nitrogen and oxygen atoms in total. The van der Waals surface area contributed by atoms with Gasteiger partial charge in [-0.1, -0.05) is 11.8 Å². The van der Waals surface area contributed by atoms with Gasteiger partial charge in [0.25, 0.3) is 0 Å². The van der Waals surface area contributed by atoms with Crippen LogP contribution in [0.4, 0.5) is 5.95 Å². The Labute approximate surface area is 118 Å². The summed E-state index contributed by atoms with van der Waals surface area (Å²) >= 11 is 7.54. The fourth-order valence-electron chi connectivity index (χ4n) is 1.35. The summed E-state index contributed by atoms with van der Waals surface area (Å²) in [6, 6.07) is 0. The molecule has 0 saturated carbocycles. The number of halogens is 1. The predicted molar refractivity (Wildman–Crippen MR) is 77.7 cm³/mol. The van der Waals surface area contributed by atoms with Gasteiger partial charge in [-0.2, -0.15) is 15.0 Å². The number of rotatable bonds is 7. The van der Waals surface area contributed by atoms with Crippen molar-refractivity contribution < 1.29 is 0 Å². The zero-order valence-corrected chi connectivity index (χ0v) is 12.9. The second-order valence-electron chi connectivity index (χ2n) is 4.01. The minimum atomic E-state index is 0.263. The van der Waals surface area contributed by atoms with Gasteiger partial charge in [-0.05, 0) is 39.5 Å². The van der Waals surface area contributed by atoms with Crippen LogP contribution in [-0.4, -0.2) is 59.3 Å². The molecule has 0 amide bonds. The molecule has 1 aromatic rings. The number of anilines is 1. The summed E-state index contributed by atoms with van der Waals surface area (Å²) in [6.07, 6.45) is 0. The Morgan fingerprint density at radius 3 is 2.33 bits per heavy atom. The Bertz CT molecular complexity index is 370. The molecule has 1 heterocycles. The van der Waals surface area contributed by atoms with E-state index >= 15 is 0 Å². The van der Waals surface area contributed by atoms with Gasteiger partial charge in [-0.15, -0.1) is 0 Å². The zero-order chi connectivity index (χ0) is 13.5. The summed E-state index contributed by atoms with van der Waals surface area (Å²) in [7, 11) is 4.09. The van der Waals surface area contributed by atoms with Crippen LogP contribution in [0.15, 0.2) is 5.16 Å². The predicted octanol–water partition coefficient (Wildman–Crippen LogP) is 2.02. The molecule has 18 heavy (non-hydrogen) atoms. The van der Waals surface area contributed by atoms with Crippen LogP contribution in [0, 0.1) is 0 Å². The highest BCUT2D eigenvalue weighted by Crippen LogP contribution is 2.18. The van der Waals surface area contributed by atoms with Gasteiger partial charge in [-0.3, -0.25) is 0 Å². The van der Waals surface area contributed by atoms with Crippen LogP contribution in [0.2, 0.25) is 5.28 Å². The van der Waals surface area contributed by atoms with E-state index in [4.69, 9.17) is 11.6 Å². The van der Waals surface area contributed by atoms with Crippen molar-refractivity contribution in [2.75, 3.05) is 44.4 Å². The molecule has 0 saturated heterocycles. The lowest BCUT2D eigenvalue weighted by Gasteiger charge is -2.18. The van der Waals surface area contributed by atoms with Crippen molar-refractivity contribution in [3.8, 4) is 0 Å². The van der Waals surface area contributed by atoms with Gasteiger partial charge in [0.05, 0.1) is 0 Å². The maximum absolute atomic E-state index is 5.94. The van der Waals surface area contributed by atoms with Gasteiger partial charge in [0, 0.05) is 25.4 Å². The first-order valence-electron chi connectivity index (χ1n) is 6.00. The second-order valence-corrected chi connectivity index (χ2v) is 5.41. The zero-order valence-electron chi connectivity index (χ0n) is 11.4. The van der Waals surface area contributed by atoms with E-state index < -0.39 is 0 Å². The number of hydrogen-bond acceptors (Lipinski definition) is 6. The van der Waals surface area contributed by atoms with Crippen molar-refractivity contribution in [1.82, 2.24) is 19.9 Å². The van der Waals surface area contributed by atoms with E-state index in [1.807, 2.05) is 14.1 Å². The van der Waals surface area contributed by atoms with Gasteiger partial charge in [0.1, 0.15) is 0 Å². The van der Waals surface area contributed by atoms with Crippen LogP contribution in [0.5, 0.6) is 0 Å². The number of hydrogen-bond donors (Lipinski definition) is 0. The van der Waals surface area contributed by atoms with E-state index in [1.54, 1.807) is 11.8 Å². The third kappa shape index (κ3) is 4.96. The fraction of sp³-hybridized carbons (Fsp3) is 0.727. The number of aromatic nitrogens is 3. The maximum atomic E-state index is 5.94. The third-order valence-corrected chi connectivity index (χ3v) is 3.39. The molecule has 0 radical (unpaired) electrons. The first-order valence-corrected chi connectivity index (χ1v) is 7.37. The average molecular weight is 290 g/mol. The molecule has 102 valence electrons. The highest BCUT2D eigenvalue weighted by molar-refractivity contribution is 7.99.